The van der Waals surface area contributed by atoms with Gasteiger partial charge in [0.15, 0.2) is 0 Å². The van der Waals surface area contributed by atoms with Gasteiger partial charge in [-0.15, -0.1) is 0 Å². The van der Waals surface area contributed by atoms with Crippen LogP contribution in [0.3, 0.4) is 0 Å². The molecule has 0 aliphatic heterocycles. The van der Waals surface area contributed by atoms with Gasteiger partial charge in [-0.05, 0) is 20.3 Å². The number of carboxylic acid groups (broad SMARTS) is 1. The molecule has 0 rings (SSSR count). The summed E-state index contributed by atoms with van der Waals surface area (Å²) < 4.78 is 4.99. The number of aliphatic carboxylic acids is 1. The van der Waals surface area contributed by atoms with Crippen LogP contribution in [0.2, 0.25) is 0 Å². The van der Waals surface area contributed by atoms with Crippen LogP contribution in [0.5, 0.6) is 0 Å². The van der Waals surface area contributed by atoms with Gasteiger partial charge in [-0.1, -0.05) is 0 Å². The maximum atomic E-state index is 11.7. The molecule has 5 nitrogen and oxygen atoms in total. The Morgan fingerprint density at radius 3 is 2.44 bits per heavy atom. The van der Waals surface area contributed by atoms with E-state index in [1.807, 2.05) is 13.8 Å². The topological polar surface area (TPSA) is 66.8 Å². The lowest BCUT2D eigenvalue weighted by Gasteiger charge is -2.27. The van der Waals surface area contributed by atoms with Crippen LogP contribution in [-0.2, 0) is 14.3 Å². The number of carboxylic acids is 1. The molecule has 1 unspecified atom stereocenters. The van der Waals surface area contributed by atoms with Gasteiger partial charge in [-0.25, -0.2) is 0 Å². The minimum Gasteiger partial charge on any atom is -0.481 e. The SMILES string of the molecule is CCN(C(=O)CCCC(=O)O)C(C)COC. The fourth-order valence-corrected chi connectivity index (χ4v) is 1.60. The van der Waals surface area contributed by atoms with E-state index < -0.39 is 5.97 Å². The minimum atomic E-state index is -0.860. The maximum absolute atomic E-state index is 11.7. The molecule has 0 aliphatic rings. The number of rotatable bonds is 8. The van der Waals surface area contributed by atoms with Crippen LogP contribution in [0.4, 0.5) is 0 Å². The van der Waals surface area contributed by atoms with Gasteiger partial charge < -0.3 is 14.7 Å². The number of nitrogens with zero attached hydrogens (tertiary/aromatic N) is 1. The van der Waals surface area contributed by atoms with Crippen molar-refractivity contribution in [2.75, 3.05) is 20.3 Å². The quantitative estimate of drug-likeness (QED) is 0.680. The van der Waals surface area contributed by atoms with Gasteiger partial charge in [0.05, 0.1) is 12.6 Å². The lowest BCUT2D eigenvalue weighted by Crippen LogP contribution is -2.40. The van der Waals surface area contributed by atoms with Gasteiger partial charge in [0.2, 0.25) is 5.91 Å². The summed E-state index contributed by atoms with van der Waals surface area (Å²) in [4.78, 5) is 23.8. The first-order chi connectivity index (χ1) is 7.52. The summed E-state index contributed by atoms with van der Waals surface area (Å²) in [5, 5.41) is 8.47. The highest BCUT2D eigenvalue weighted by Crippen LogP contribution is 2.06. The largest absolute Gasteiger partial charge is 0.481 e. The highest BCUT2D eigenvalue weighted by atomic mass is 16.5. The predicted molar refractivity (Wildman–Crippen MR) is 60.2 cm³/mol. The van der Waals surface area contributed by atoms with Crippen LogP contribution in [0.15, 0.2) is 0 Å². The zero-order valence-corrected chi connectivity index (χ0v) is 10.2. The first-order valence-corrected chi connectivity index (χ1v) is 5.53. The van der Waals surface area contributed by atoms with Crippen molar-refractivity contribution in [3.63, 3.8) is 0 Å². The van der Waals surface area contributed by atoms with Crippen LogP contribution in [0, 0.1) is 0 Å². The smallest absolute Gasteiger partial charge is 0.303 e. The monoisotopic (exact) mass is 231 g/mol. The predicted octanol–water partition coefficient (Wildman–Crippen LogP) is 1.12. The van der Waals surface area contributed by atoms with Crippen molar-refractivity contribution in [3.05, 3.63) is 0 Å². The van der Waals surface area contributed by atoms with Crippen molar-refractivity contribution in [2.45, 2.75) is 39.2 Å². The van der Waals surface area contributed by atoms with E-state index in [0.29, 0.717) is 19.6 Å². The fourth-order valence-electron chi connectivity index (χ4n) is 1.60. The number of ether oxygens (including phenoxy) is 1. The van der Waals surface area contributed by atoms with Gasteiger partial charge in [-0.2, -0.15) is 0 Å². The third kappa shape index (κ3) is 5.70. The second kappa shape index (κ2) is 8.10. The van der Waals surface area contributed by atoms with E-state index in [1.165, 1.54) is 0 Å². The number of likely N-dealkylation sites (N-methyl/N-ethyl adjacent to an activating group) is 1. The van der Waals surface area contributed by atoms with E-state index in [0.717, 1.165) is 0 Å². The third-order valence-electron chi connectivity index (χ3n) is 2.38. The zero-order chi connectivity index (χ0) is 12.6. The molecule has 0 saturated carbocycles. The Labute approximate surface area is 96.4 Å². The molecule has 0 fully saturated rings. The Morgan fingerprint density at radius 2 is 2.00 bits per heavy atom. The summed E-state index contributed by atoms with van der Waals surface area (Å²) in [6.45, 7) is 4.94. The molecule has 5 heteroatoms. The van der Waals surface area contributed by atoms with E-state index in [9.17, 15) is 9.59 Å². The number of carbonyl (C=O) groups is 2. The number of amides is 1. The van der Waals surface area contributed by atoms with Crippen molar-refractivity contribution < 1.29 is 19.4 Å². The van der Waals surface area contributed by atoms with Crippen LogP contribution in [-0.4, -0.2) is 48.2 Å². The molecule has 0 aromatic carbocycles. The molecule has 0 heterocycles. The molecule has 1 atom stereocenters. The molecule has 0 bridgehead atoms. The van der Waals surface area contributed by atoms with Crippen LogP contribution in [0.1, 0.15) is 33.1 Å². The highest BCUT2D eigenvalue weighted by molar-refractivity contribution is 5.77. The van der Waals surface area contributed by atoms with Crippen molar-refractivity contribution in [2.24, 2.45) is 0 Å². The van der Waals surface area contributed by atoms with Crippen molar-refractivity contribution in [1.82, 2.24) is 4.90 Å². The van der Waals surface area contributed by atoms with Gasteiger partial charge >= 0.3 is 5.97 Å². The van der Waals surface area contributed by atoms with Crippen LogP contribution < -0.4 is 0 Å². The summed E-state index contributed by atoms with van der Waals surface area (Å²) >= 11 is 0. The number of carbonyl (C=O) groups excluding carboxylic acids is 1. The lowest BCUT2D eigenvalue weighted by molar-refractivity contribution is -0.137. The lowest BCUT2D eigenvalue weighted by atomic mass is 10.2. The second-order valence-electron chi connectivity index (χ2n) is 3.73. The molecule has 0 aromatic rings. The molecular formula is C11H21NO4. The van der Waals surface area contributed by atoms with Gasteiger partial charge in [0.1, 0.15) is 0 Å². The molecular weight excluding hydrogens is 210 g/mol. The summed E-state index contributed by atoms with van der Waals surface area (Å²) in [5.74, 6) is -0.867. The Morgan fingerprint density at radius 1 is 1.38 bits per heavy atom. The average Bonchev–Trinajstić information content (AvgIpc) is 2.18. The zero-order valence-electron chi connectivity index (χ0n) is 10.2. The van der Waals surface area contributed by atoms with Gasteiger partial charge in [-0.3, -0.25) is 9.59 Å². The van der Waals surface area contributed by atoms with E-state index in [4.69, 9.17) is 9.84 Å². The first-order valence-electron chi connectivity index (χ1n) is 5.53. The molecule has 16 heavy (non-hydrogen) atoms. The van der Waals surface area contributed by atoms with Crippen molar-refractivity contribution >= 4 is 11.9 Å². The molecule has 1 amide bonds. The average molecular weight is 231 g/mol. The van der Waals surface area contributed by atoms with Gasteiger partial charge in [0, 0.05) is 26.5 Å². The van der Waals surface area contributed by atoms with Crippen LogP contribution in [0.25, 0.3) is 0 Å². The first kappa shape index (κ1) is 14.9. The van der Waals surface area contributed by atoms with Gasteiger partial charge in [0.25, 0.3) is 0 Å². The second-order valence-corrected chi connectivity index (χ2v) is 3.73. The minimum absolute atomic E-state index is 0.00620. The normalized spacial score (nSPS) is 12.2. The highest BCUT2D eigenvalue weighted by Gasteiger charge is 2.17. The molecule has 0 aliphatic carbocycles. The molecule has 1 N–H and O–H groups in total. The van der Waals surface area contributed by atoms with E-state index in [-0.39, 0.29) is 24.8 Å². The molecule has 0 saturated heterocycles. The van der Waals surface area contributed by atoms with E-state index in [2.05, 4.69) is 0 Å². The number of methoxy groups -OCH3 is 1. The third-order valence-corrected chi connectivity index (χ3v) is 2.38. The summed E-state index contributed by atoms with van der Waals surface area (Å²) in [6, 6.07) is 0.0346. The Balaban J connectivity index is 4.05. The van der Waals surface area contributed by atoms with Crippen molar-refractivity contribution in [1.29, 1.82) is 0 Å². The van der Waals surface area contributed by atoms with Crippen molar-refractivity contribution in [3.8, 4) is 0 Å². The fraction of sp³-hybridized carbons (Fsp3) is 0.818. The maximum Gasteiger partial charge on any atom is 0.303 e. The standard InChI is InChI=1S/C11H21NO4/c1-4-12(9(2)8-16-3)10(13)6-5-7-11(14)15/h9H,4-8H2,1-3H3,(H,14,15). The molecule has 0 spiro atoms. The molecule has 0 radical (unpaired) electrons. The molecule has 0 aromatic heterocycles. The Bertz CT molecular complexity index is 230. The molecule has 94 valence electrons. The van der Waals surface area contributed by atoms with Crippen LogP contribution >= 0.6 is 0 Å². The summed E-state index contributed by atoms with van der Waals surface area (Å²) in [6.07, 6.45) is 0.723. The number of hydrogen-bond acceptors (Lipinski definition) is 3. The van der Waals surface area contributed by atoms with E-state index in [1.54, 1.807) is 12.0 Å². The summed E-state index contributed by atoms with van der Waals surface area (Å²) in [5.41, 5.74) is 0. The summed E-state index contributed by atoms with van der Waals surface area (Å²) in [7, 11) is 1.60. The Hall–Kier alpha value is -1.10. The Kier molecular flexibility index (Phi) is 7.54. The van der Waals surface area contributed by atoms with E-state index >= 15 is 0 Å². The number of hydrogen-bond donors (Lipinski definition) is 1.